The summed E-state index contributed by atoms with van der Waals surface area (Å²) in [5.74, 6) is -0.790. The van der Waals surface area contributed by atoms with Crippen molar-refractivity contribution in [2.24, 2.45) is 0 Å². The van der Waals surface area contributed by atoms with Crippen molar-refractivity contribution in [1.82, 2.24) is 4.57 Å². The van der Waals surface area contributed by atoms with Gasteiger partial charge in [-0.15, -0.1) is 0 Å². The first-order valence-corrected chi connectivity index (χ1v) is 18.8. The number of benzene rings is 8. The molecule has 10 rings (SSSR count). The number of hydrogen-bond acceptors (Lipinski definition) is 3. The number of imide groups is 1. The van der Waals surface area contributed by atoms with Gasteiger partial charge in [0.1, 0.15) is 0 Å². The van der Waals surface area contributed by atoms with E-state index >= 15 is 4.79 Å². The zero-order valence-corrected chi connectivity index (χ0v) is 30.9. The first kappa shape index (κ1) is 34.2. The van der Waals surface area contributed by atoms with Crippen molar-refractivity contribution in [1.29, 1.82) is 5.26 Å². The molecule has 1 aliphatic heterocycles. The number of aromatic nitrogens is 1. The Labute approximate surface area is 334 Å². The summed E-state index contributed by atoms with van der Waals surface area (Å²) in [5.41, 5.74) is 11.7. The molecule has 0 bridgehead atoms. The van der Waals surface area contributed by atoms with E-state index in [2.05, 4.69) is 51.9 Å². The Balaban J connectivity index is 1.22. The van der Waals surface area contributed by atoms with Gasteiger partial charge in [-0.3, -0.25) is 9.59 Å². The largest absolute Gasteiger partial charge is 0.308 e. The van der Waals surface area contributed by atoms with Crippen molar-refractivity contribution in [3.63, 3.8) is 0 Å². The number of nitriles is 1. The van der Waals surface area contributed by atoms with Crippen molar-refractivity contribution in [3.05, 3.63) is 210 Å². The third-order valence-electron chi connectivity index (χ3n) is 11.0. The van der Waals surface area contributed by atoms with E-state index in [1.807, 2.05) is 127 Å². The van der Waals surface area contributed by atoms with Crippen molar-refractivity contribution in [2.45, 2.75) is 0 Å². The highest BCUT2D eigenvalue weighted by Crippen LogP contribution is 2.45. The smallest absolute Gasteiger partial charge is 0.268 e. The summed E-state index contributed by atoms with van der Waals surface area (Å²) >= 11 is 0. The maximum Gasteiger partial charge on any atom is 0.268 e. The zero-order chi connectivity index (χ0) is 39.3. The molecule has 0 radical (unpaired) electrons. The van der Waals surface area contributed by atoms with Crippen molar-refractivity contribution in [3.8, 4) is 56.3 Å². The van der Waals surface area contributed by atoms with Crippen LogP contribution < -0.4 is 4.90 Å². The number of carbonyl (C=O) groups excluding carboxylic acids is 2. The van der Waals surface area contributed by atoms with Crippen LogP contribution in [0.5, 0.6) is 0 Å². The van der Waals surface area contributed by atoms with Gasteiger partial charge in [0.15, 0.2) is 5.69 Å². The molecule has 0 unspecified atom stereocenters. The third kappa shape index (κ3) is 5.48. The van der Waals surface area contributed by atoms with Gasteiger partial charge in [0, 0.05) is 21.9 Å². The minimum atomic E-state index is -0.403. The number of para-hydroxylation sites is 1. The SMILES string of the molecule is [C-]#[N+]c1ccc(-c2ccc3c4ccc(-c5ccc(C#N)cc5)cc4n(-c4cccc5c4C(=O)N(c4c(-c6ccccc6)cccc4-c4ccccc4)C5=O)c3c2)cc1. The van der Waals surface area contributed by atoms with Gasteiger partial charge in [-0.1, -0.05) is 146 Å². The van der Waals surface area contributed by atoms with E-state index in [1.54, 1.807) is 18.2 Å². The summed E-state index contributed by atoms with van der Waals surface area (Å²) in [6, 6.07) is 60.8. The normalized spacial score (nSPS) is 12.1. The molecule has 0 aliphatic carbocycles. The second-order valence-corrected chi connectivity index (χ2v) is 14.2. The summed E-state index contributed by atoms with van der Waals surface area (Å²) in [6.07, 6.45) is 0. The number of carbonyl (C=O) groups is 2. The van der Waals surface area contributed by atoms with Crippen LogP contribution in [-0.2, 0) is 0 Å². The van der Waals surface area contributed by atoms with Gasteiger partial charge in [-0.05, 0) is 69.8 Å². The van der Waals surface area contributed by atoms with Crippen LogP contribution in [0.15, 0.2) is 182 Å². The Morgan fingerprint density at radius 3 is 1.52 bits per heavy atom. The standard InChI is InChI=1S/C52H30N4O2/c1-54-40-26-22-35(23-27-40)39-25-29-44-43-28-24-38(34-20-18-33(32-53)19-21-34)30-47(43)55(48(44)31-39)46-17-9-16-45-49(46)52(58)56(51(45)57)50-41(36-10-4-2-5-11-36)14-8-15-42(50)37-12-6-3-7-13-37/h2-31H. The Kier molecular flexibility index (Phi) is 8.11. The number of hydrogen-bond donors (Lipinski definition) is 0. The zero-order valence-electron chi connectivity index (χ0n) is 30.9. The molecule has 0 saturated heterocycles. The lowest BCUT2D eigenvalue weighted by Crippen LogP contribution is -2.30. The van der Waals surface area contributed by atoms with Crippen molar-refractivity contribution in [2.75, 3.05) is 4.90 Å². The fourth-order valence-corrected chi connectivity index (χ4v) is 8.25. The van der Waals surface area contributed by atoms with E-state index < -0.39 is 5.91 Å². The van der Waals surface area contributed by atoms with Gasteiger partial charge in [0.2, 0.25) is 0 Å². The van der Waals surface area contributed by atoms with Crippen molar-refractivity contribution >= 4 is 45.0 Å². The molecule has 0 saturated carbocycles. The van der Waals surface area contributed by atoms with Crippen molar-refractivity contribution < 1.29 is 9.59 Å². The summed E-state index contributed by atoms with van der Waals surface area (Å²) in [6.45, 7) is 7.44. The lowest BCUT2D eigenvalue weighted by atomic mass is 9.95. The molecule has 6 heteroatoms. The number of fused-ring (bicyclic) bond motifs is 4. The molecule has 0 spiro atoms. The molecule has 0 atom stereocenters. The third-order valence-corrected chi connectivity index (χ3v) is 11.0. The highest BCUT2D eigenvalue weighted by atomic mass is 16.2. The van der Waals surface area contributed by atoms with Gasteiger partial charge >= 0.3 is 0 Å². The second kappa shape index (κ2) is 13.8. The van der Waals surface area contributed by atoms with E-state index in [4.69, 9.17) is 6.57 Å². The maximum absolute atomic E-state index is 15.3. The summed E-state index contributed by atoms with van der Waals surface area (Å²) in [7, 11) is 0. The highest BCUT2D eigenvalue weighted by Gasteiger charge is 2.41. The molecule has 0 fully saturated rings. The second-order valence-electron chi connectivity index (χ2n) is 14.2. The van der Waals surface area contributed by atoms with Gasteiger partial charge in [-0.2, -0.15) is 5.26 Å². The summed E-state index contributed by atoms with van der Waals surface area (Å²) < 4.78 is 2.10. The van der Waals surface area contributed by atoms with E-state index in [1.165, 1.54) is 4.90 Å². The van der Waals surface area contributed by atoms with E-state index in [0.29, 0.717) is 33.8 Å². The van der Waals surface area contributed by atoms with Crippen LogP contribution in [0.4, 0.5) is 11.4 Å². The fraction of sp³-hybridized carbons (Fsp3) is 0. The van der Waals surface area contributed by atoms with Crippen LogP contribution in [0, 0.1) is 17.9 Å². The average Bonchev–Trinajstić information content (AvgIpc) is 3.75. The highest BCUT2D eigenvalue weighted by molar-refractivity contribution is 6.37. The summed E-state index contributed by atoms with van der Waals surface area (Å²) in [4.78, 5) is 35.1. The molecule has 58 heavy (non-hydrogen) atoms. The van der Waals surface area contributed by atoms with E-state index in [0.717, 1.165) is 66.3 Å². The predicted octanol–water partition coefficient (Wildman–Crippen LogP) is 12.7. The van der Waals surface area contributed by atoms with Crippen LogP contribution in [0.1, 0.15) is 26.3 Å². The monoisotopic (exact) mass is 742 g/mol. The minimum Gasteiger partial charge on any atom is -0.308 e. The maximum atomic E-state index is 15.3. The lowest BCUT2D eigenvalue weighted by Gasteiger charge is -2.23. The minimum absolute atomic E-state index is 0.323. The van der Waals surface area contributed by atoms with Gasteiger partial charge in [0.05, 0.1) is 51.7 Å². The topological polar surface area (TPSA) is 70.5 Å². The Bertz CT molecular complexity index is 3030. The fourth-order valence-electron chi connectivity index (χ4n) is 8.25. The van der Waals surface area contributed by atoms with E-state index in [-0.39, 0.29) is 5.91 Å². The number of amides is 2. The van der Waals surface area contributed by atoms with Gasteiger partial charge in [-0.25, -0.2) is 9.74 Å². The first-order chi connectivity index (χ1) is 28.5. The Hall–Kier alpha value is -8.32. The Morgan fingerprint density at radius 1 is 0.483 bits per heavy atom. The quantitative estimate of drug-likeness (QED) is 0.126. The number of nitrogens with zero attached hydrogens (tertiary/aromatic N) is 4. The van der Waals surface area contributed by atoms with Crippen LogP contribution in [0.25, 0.3) is 76.8 Å². The molecular weight excluding hydrogens is 713 g/mol. The molecule has 2 amide bonds. The molecule has 6 nitrogen and oxygen atoms in total. The number of anilines is 1. The Morgan fingerprint density at radius 2 is 0.983 bits per heavy atom. The predicted molar refractivity (Wildman–Crippen MR) is 231 cm³/mol. The molecular formula is C52H30N4O2. The molecule has 1 aromatic heterocycles. The molecule has 2 heterocycles. The van der Waals surface area contributed by atoms with Gasteiger partial charge in [0.25, 0.3) is 11.8 Å². The molecule has 9 aromatic rings. The van der Waals surface area contributed by atoms with Crippen LogP contribution >= 0.6 is 0 Å². The van der Waals surface area contributed by atoms with E-state index in [9.17, 15) is 10.1 Å². The molecule has 8 aromatic carbocycles. The first-order valence-electron chi connectivity index (χ1n) is 18.8. The lowest BCUT2D eigenvalue weighted by molar-refractivity contribution is 0.0926. The molecule has 1 aliphatic rings. The molecule has 270 valence electrons. The summed E-state index contributed by atoms with van der Waals surface area (Å²) in [5, 5.41) is 11.4. The average molecular weight is 743 g/mol. The van der Waals surface area contributed by atoms with Crippen LogP contribution in [-0.4, -0.2) is 16.4 Å². The number of rotatable bonds is 6. The van der Waals surface area contributed by atoms with Gasteiger partial charge < -0.3 is 4.57 Å². The molecule has 0 N–H and O–H groups in total. The van der Waals surface area contributed by atoms with Crippen LogP contribution in [0.3, 0.4) is 0 Å². The van der Waals surface area contributed by atoms with Crippen LogP contribution in [0.2, 0.25) is 0 Å².